The molecule has 1 saturated heterocycles. The van der Waals surface area contributed by atoms with Crippen LogP contribution in [-0.4, -0.2) is 30.8 Å². The number of nitrogens with zero attached hydrogens (tertiary/aromatic N) is 1. The Bertz CT molecular complexity index is 658. The van der Waals surface area contributed by atoms with E-state index in [1.54, 1.807) is 0 Å². The molecular weight excluding hydrogens is 306 g/mol. The third-order valence-electron chi connectivity index (χ3n) is 3.74. The van der Waals surface area contributed by atoms with Gasteiger partial charge in [-0.2, -0.15) is 0 Å². The quantitative estimate of drug-likeness (QED) is 0.775. The number of benzene rings is 2. The van der Waals surface area contributed by atoms with E-state index in [-0.39, 0.29) is 18.2 Å². The van der Waals surface area contributed by atoms with Gasteiger partial charge in [0.1, 0.15) is 0 Å². The smallest absolute Gasteiger partial charge is 0.187 e. The minimum absolute atomic E-state index is 0. The van der Waals surface area contributed by atoms with Gasteiger partial charge in [-0.15, -0.1) is 12.4 Å². The van der Waals surface area contributed by atoms with Crippen LogP contribution in [0.1, 0.15) is 11.1 Å². The Balaban J connectivity index is 0.00000192. The monoisotopic (exact) mass is 325 g/mol. The highest BCUT2D eigenvalue weighted by Gasteiger charge is 2.23. The Labute approximate surface area is 143 Å². The third-order valence-corrected chi connectivity index (χ3v) is 3.74. The molecule has 0 amide bonds. The maximum absolute atomic E-state index is 12.7. The van der Waals surface area contributed by atoms with Gasteiger partial charge in [0, 0.05) is 24.2 Å². The van der Waals surface area contributed by atoms with Crippen LogP contribution in [0, 0.1) is 0 Å². The molecule has 1 aliphatic rings. The van der Waals surface area contributed by atoms with Gasteiger partial charge in [-0.05, 0) is 30.3 Å². The number of likely N-dealkylation sites (tertiary alicyclic amines) is 1. The molecule has 118 valence electrons. The molecule has 0 spiro atoms. The summed E-state index contributed by atoms with van der Waals surface area (Å²) in [7, 11) is 2.05. The van der Waals surface area contributed by atoms with Gasteiger partial charge >= 0.3 is 0 Å². The SMILES string of the molecule is CN1C/C(=C\c2ccccc2)C(=O)/C(=C/c2ccccc2)C1.Cl. The first kappa shape index (κ1) is 17.2. The Kier molecular flexibility index (Phi) is 5.91. The van der Waals surface area contributed by atoms with Crippen LogP contribution in [0.4, 0.5) is 0 Å². The number of ketones is 1. The van der Waals surface area contributed by atoms with Gasteiger partial charge in [-0.1, -0.05) is 60.7 Å². The van der Waals surface area contributed by atoms with Crippen LogP contribution < -0.4 is 0 Å². The minimum Gasteiger partial charge on any atom is -0.298 e. The molecular formula is C20H20ClNO. The second-order valence-electron chi connectivity index (χ2n) is 5.66. The Hall–Kier alpha value is -2.16. The lowest BCUT2D eigenvalue weighted by atomic mass is 9.94. The molecule has 0 bridgehead atoms. The Morgan fingerprint density at radius 1 is 0.783 bits per heavy atom. The second-order valence-corrected chi connectivity index (χ2v) is 5.66. The number of rotatable bonds is 2. The molecule has 23 heavy (non-hydrogen) atoms. The van der Waals surface area contributed by atoms with Gasteiger partial charge in [0.15, 0.2) is 5.78 Å². The number of likely N-dealkylation sites (N-methyl/N-ethyl adjacent to an activating group) is 1. The summed E-state index contributed by atoms with van der Waals surface area (Å²) in [5, 5.41) is 0. The average molecular weight is 326 g/mol. The van der Waals surface area contributed by atoms with E-state index >= 15 is 0 Å². The van der Waals surface area contributed by atoms with E-state index in [0.717, 1.165) is 22.3 Å². The van der Waals surface area contributed by atoms with Crippen molar-refractivity contribution in [3.63, 3.8) is 0 Å². The molecule has 3 rings (SSSR count). The number of piperidine rings is 1. The molecule has 2 aromatic carbocycles. The Morgan fingerprint density at radius 3 is 1.57 bits per heavy atom. The lowest BCUT2D eigenvalue weighted by Crippen LogP contribution is -2.34. The van der Waals surface area contributed by atoms with E-state index in [2.05, 4.69) is 4.90 Å². The van der Waals surface area contributed by atoms with Crippen LogP contribution in [0.5, 0.6) is 0 Å². The van der Waals surface area contributed by atoms with Crippen LogP contribution in [0.3, 0.4) is 0 Å². The summed E-state index contributed by atoms with van der Waals surface area (Å²) in [6.45, 7) is 1.39. The van der Waals surface area contributed by atoms with Gasteiger partial charge < -0.3 is 0 Å². The molecule has 1 aliphatic heterocycles. The van der Waals surface area contributed by atoms with E-state index in [0.29, 0.717) is 13.1 Å². The molecule has 0 radical (unpaired) electrons. The topological polar surface area (TPSA) is 20.3 Å². The predicted octanol–water partition coefficient (Wildman–Crippen LogP) is 4.09. The summed E-state index contributed by atoms with van der Waals surface area (Å²) in [5.74, 6) is 0.158. The first-order valence-electron chi connectivity index (χ1n) is 7.47. The number of hydrogen-bond donors (Lipinski definition) is 0. The zero-order valence-corrected chi connectivity index (χ0v) is 13.9. The van der Waals surface area contributed by atoms with E-state index in [1.807, 2.05) is 79.9 Å². The third kappa shape index (κ3) is 4.41. The van der Waals surface area contributed by atoms with Crippen molar-refractivity contribution in [3.8, 4) is 0 Å². The van der Waals surface area contributed by atoms with Gasteiger partial charge in [0.25, 0.3) is 0 Å². The fourth-order valence-electron chi connectivity index (χ4n) is 2.71. The zero-order valence-electron chi connectivity index (χ0n) is 13.1. The van der Waals surface area contributed by atoms with Crippen molar-refractivity contribution >= 4 is 30.3 Å². The molecule has 1 heterocycles. The molecule has 1 fully saturated rings. The van der Waals surface area contributed by atoms with Crippen molar-refractivity contribution < 1.29 is 4.79 Å². The van der Waals surface area contributed by atoms with Crippen molar-refractivity contribution in [1.29, 1.82) is 0 Å². The summed E-state index contributed by atoms with van der Waals surface area (Å²) in [6, 6.07) is 20.0. The van der Waals surface area contributed by atoms with Gasteiger partial charge in [0.2, 0.25) is 0 Å². The highest BCUT2D eigenvalue weighted by atomic mass is 35.5. The highest BCUT2D eigenvalue weighted by Crippen LogP contribution is 2.21. The summed E-state index contributed by atoms with van der Waals surface area (Å²) in [4.78, 5) is 14.9. The number of carbonyl (C=O) groups is 1. The van der Waals surface area contributed by atoms with Crippen LogP contribution in [0.25, 0.3) is 12.2 Å². The standard InChI is InChI=1S/C20H19NO.ClH/c1-21-14-18(12-16-8-4-2-5-9-16)20(22)19(15-21)13-17-10-6-3-7-11-17;/h2-13H,14-15H2,1H3;1H/b18-12+,19-13+;. The maximum atomic E-state index is 12.7. The number of hydrogen-bond acceptors (Lipinski definition) is 2. The van der Waals surface area contributed by atoms with Gasteiger partial charge in [-0.25, -0.2) is 0 Å². The molecule has 0 atom stereocenters. The van der Waals surface area contributed by atoms with Crippen LogP contribution in [0.2, 0.25) is 0 Å². The van der Waals surface area contributed by atoms with E-state index in [4.69, 9.17) is 0 Å². The van der Waals surface area contributed by atoms with Crippen molar-refractivity contribution in [2.24, 2.45) is 0 Å². The van der Waals surface area contributed by atoms with E-state index in [1.165, 1.54) is 0 Å². The lowest BCUT2D eigenvalue weighted by molar-refractivity contribution is -0.113. The zero-order chi connectivity index (χ0) is 15.4. The summed E-state index contributed by atoms with van der Waals surface area (Å²) in [5.41, 5.74) is 3.84. The first-order valence-corrected chi connectivity index (χ1v) is 7.47. The normalized spacial score (nSPS) is 18.9. The molecule has 0 aromatic heterocycles. The van der Waals surface area contributed by atoms with Crippen LogP contribution in [0.15, 0.2) is 71.8 Å². The number of halogens is 1. The highest BCUT2D eigenvalue weighted by molar-refractivity contribution is 6.14. The minimum atomic E-state index is 0. The molecule has 0 aliphatic carbocycles. The second kappa shape index (κ2) is 7.91. The summed E-state index contributed by atoms with van der Waals surface area (Å²) >= 11 is 0. The van der Waals surface area contributed by atoms with Gasteiger partial charge in [0.05, 0.1) is 0 Å². The molecule has 0 N–H and O–H groups in total. The summed E-state index contributed by atoms with van der Waals surface area (Å²) in [6.07, 6.45) is 3.99. The van der Waals surface area contributed by atoms with Gasteiger partial charge in [-0.3, -0.25) is 9.69 Å². The van der Waals surface area contributed by atoms with Crippen LogP contribution >= 0.6 is 12.4 Å². The number of Topliss-reactive ketones (excluding diaryl/α,β-unsaturated/α-hetero) is 1. The fourth-order valence-corrected chi connectivity index (χ4v) is 2.71. The average Bonchev–Trinajstić information content (AvgIpc) is 2.54. The predicted molar refractivity (Wildman–Crippen MR) is 98.6 cm³/mol. The van der Waals surface area contributed by atoms with Crippen molar-refractivity contribution in [3.05, 3.63) is 82.9 Å². The lowest BCUT2D eigenvalue weighted by Gasteiger charge is -2.26. The molecule has 3 heteroatoms. The molecule has 2 aromatic rings. The van der Waals surface area contributed by atoms with E-state index in [9.17, 15) is 4.79 Å². The van der Waals surface area contributed by atoms with Crippen molar-refractivity contribution in [1.82, 2.24) is 4.90 Å². The fraction of sp³-hybridized carbons (Fsp3) is 0.150. The maximum Gasteiger partial charge on any atom is 0.187 e. The Morgan fingerprint density at radius 2 is 1.17 bits per heavy atom. The molecule has 2 nitrogen and oxygen atoms in total. The largest absolute Gasteiger partial charge is 0.298 e. The van der Waals surface area contributed by atoms with Crippen molar-refractivity contribution in [2.45, 2.75) is 0 Å². The number of carbonyl (C=O) groups excluding carboxylic acids is 1. The molecule has 0 unspecified atom stereocenters. The molecule has 0 saturated carbocycles. The summed E-state index contributed by atoms with van der Waals surface area (Å²) < 4.78 is 0. The first-order chi connectivity index (χ1) is 10.7. The van der Waals surface area contributed by atoms with E-state index < -0.39 is 0 Å². The van der Waals surface area contributed by atoms with Crippen molar-refractivity contribution in [2.75, 3.05) is 20.1 Å². The van der Waals surface area contributed by atoms with Crippen LogP contribution in [-0.2, 0) is 4.79 Å².